The second-order valence-electron chi connectivity index (χ2n) is 15.4. The summed E-state index contributed by atoms with van der Waals surface area (Å²) in [5.41, 5.74) is 7.88. The summed E-state index contributed by atoms with van der Waals surface area (Å²) in [6.07, 6.45) is 4.66. The molecule has 4 amide bonds. The van der Waals surface area contributed by atoms with Crippen molar-refractivity contribution in [2.75, 3.05) is 4.90 Å². The molecule has 0 aliphatic carbocycles. The van der Waals surface area contributed by atoms with Crippen LogP contribution in [0.3, 0.4) is 0 Å². The van der Waals surface area contributed by atoms with Crippen molar-refractivity contribution in [3.05, 3.63) is 203 Å². The van der Waals surface area contributed by atoms with Gasteiger partial charge >= 0.3 is 6.03 Å². The number of nitrogens with zero attached hydrogens (tertiary/aromatic N) is 2. The monoisotopic (exact) mass is 768 g/mol. The standard InChI is InChI=1S/C52H52N2O4/c1-3-50(55)54-49(51(56)53(52(54)57)47-22-14-7-15-23-47)35-40-27-32-48(33-28-40)58-37-41-25-29-42(30-26-41)38(2)34-46(44-20-12-6-13-21-44)36-45(43-18-10-5-11-19-43)31-24-39-16-8-4-9-17-39/h4-23,25-30,32-33,38,45-46,49H,3,24,31,34-37H2,1-2H3/t38?,45?,46?,49-/m0/s1. The number of hydrogen-bond donors (Lipinski definition) is 0. The molecule has 0 spiro atoms. The molecule has 6 aromatic rings. The van der Waals surface area contributed by atoms with Gasteiger partial charge in [0.2, 0.25) is 5.91 Å². The van der Waals surface area contributed by atoms with Crippen LogP contribution in [0.25, 0.3) is 0 Å². The third-order valence-corrected chi connectivity index (χ3v) is 11.5. The Morgan fingerprint density at radius 1 is 0.603 bits per heavy atom. The lowest BCUT2D eigenvalue weighted by Crippen LogP contribution is -2.41. The van der Waals surface area contributed by atoms with E-state index in [-0.39, 0.29) is 18.7 Å². The minimum atomic E-state index is -0.902. The predicted octanol–water partition coefficient (Wildman–Crippen LogP) is 11.7. The molecule has 0 aromatic heterocycles. The van der Waals surface area contributed by atoms with Crippen LogP contribution in [-0.4, -0.2) is 28.8 Å². The van der Waals surface area contributed by atoms with Crippen LogP contribution in [0.1, 0.15) is 90.7 Å². The SMILES string of the molecule is CCC(=O)N1C(=O)N(c2ccccc2)C(=O)[C@@H]1Cc1ccc(OCc2ccc(C(C)CC(CC(CCc3ccccc3)c3ccccc3)c3ccccc3)cc2)cc1. The minimum absolute atomic E-state index is 0.129. The summed E-state index contributed by atoms with van der Waals surface area (Å²) in [5, 5.41) is 0. The number of hydrogen-bond acceptors (Lipinski definition) is 4. The molecule has 1 aliphatic heterocycles. The van der Waals surface area contributed by atoms with Gasteiger partial charge in [0.15, 0.2) is 0 Å². The first kappa shape index (κ1) is 39.9. The molecule has 0 N–H and O–H groups in total. The van der Waals surface area contributed by atoms with E-state index in [0.29, 0.717) is 35.8 Å². The summed E-state index contributed by atoms with van der Waals surface area (Å²) in [7, 11) is 0. The quantitative estimate of drug-likeness (QED) is 0.0867. The van der Waals surface area contributed by atoms with Gasteiger partial charge in [0.05, 0.1) is 5.69 Å². The normalized spacial score (nSPS) is 15.6. The molecular weight excluding hydrogens is 717 g/mol. The zero-order chi connectivity index (χ0) is 40.3. The van der Waals surface area contributed by atoms with Crippen molar-refractivity contribution in [2.24, 2.45) is 0 Å². The molecule has 6 heteroatoms. The van der Waals surface area contributed by atoms with Crippen LogP contribution in [0.2, 0.25) is 0 Å². The van der Waals surface area contributed by atoms with Crippen LogP contribution in [0.15, 0.2) is 170 Å². The zero-order valence-corrected chi connectivity index (χ0v) is 33.5. The highest BCUT2D eigenvalue weighted by atomic mass is 16.5. The van der Waals surface area contributed by atoms with E-state index in [9.17, 15) is 14.4 Å². The first-order chi connectivity index (χ1) is 28.4. The van der Waals surface area contributed by atoms with Gasteiger partial charge < -0.3 is 4.74 Å². The van der Waals surface area contributed by atoms with Crippen LogP contribution in [0.4, 0.5) is 10.5 Å². The summed E-state index contributed by atoms with van der Waals surface area (Å²) >= 11 is 0. The van der Waals surface area contributed by atoms with Gasteiger partial charge in [-0.15, -0.1) is 0 Å². The Bertz CT molecular complexity index is 2230. The van der Waals surface area contributed by atoms with Crippen molar-refractivity contribution < 1.29 is 19.1 Å². The smallest absolute Gasteiger partial charge is 0.338 e. The number of rotatable bonds is 17. The molecule has 4 atom stereocenters. The summed E-state index contributed by atoms with van der Waals surface area (Å²) < 4.78 is 6.18. The fourth-order valence-electron chi connectivity index (χ4n) is 8.22. The largest absolute Gasteiger partial charge is 0.489 e. The van der Waals surface area contributed by atoms with Crippen LogP contribution >= 0.6 is 0 Å². The van der Waals surface area contributed by atoms with E-state index < -0.39 is 18.0 Å². The third-order valence-electron chi connectivity index (χ3n) is 11.5. The topological polar surface area (TPSA) is 66.9 Å². The predicted molar refractivity (Wildman–Crippen MR) is 232 cm³/mol. The Kier molecular flexibility index (Phi) is 13.3. The number of carbonyl (C=O) groups excluding carboxylic acids is 3. The van der Waals surface area contributed by atoms with Gasteiger partial charge in [0, 0.05) is 12.8 Å². The Labute approximate surface area is 343 Å². The average molecular weight is 769 g/mol. The maximum Gasteiger partial charge on any atom is 0.338 e. The van der Waals surface area contributed by atoms with Crippen molar-refractivity contribution in [2.45, 2.75) is 82.8 Å². The summed E-state index contributed by atoms with van der Waals surface area (Å²) in [4.78, 5) is 41.9. The molecule has 0 saturated carbocycles. The fourth-order valence-corrected chi connectivity index (χ4v) is 8.22. The van der Waals surface area contributed by atoms with E-state index >= 15 is 0 Å². The van der Waals surface area contributed by atoms with E-state index in [0.717, 1.165) is 46.6 Å². The van der Waals surface area contributed by atoms with E-state index in [1.54, 1.807) is 31.2 Å². The first-order valence-corrected chi connectivity index (χ1v) is 20.6. The molecule has 1 fully saturated rings. The van der Waals surface area contributed by atoms with Crippen molar-refractivity contribution in [1.29, 1.82) is 0 Å². The van der Waals surface area contributed by atoms with Crippen LogP contribution in [0, 0.1) is 0 Å². The maximum atomic E-state index is 13.5. The fraction of sp³-hybridized carbons (Fsp3) is 0.250. The molecule has 3 unspecified atom stereocenters. The van der Waals surface area contributed by atoms with E-state index in [4.69, 9.17) is 4.74 Å². The zero-order valence-electron chi connectivity index (χ0n) is 33.5. The van der Waals surface area contributed by atoms with Crippen LogP contribution < -0.4 is 9.64 Å². The maximum absolute atomic E-state index is 13.5. The molecule has 1 saturated heterocycles. The number of para-hydroxylation sites is 1. The van der Waals surface area contributed by atoms with Crippen LogP contribution in [-0.2, 0) is 29.0 Å². The highest BCUT2D eigenvalue weighted by Crippen LogP contribution is 2.39. The second kappa shape index (κ2) is 19.3. The van der Waals surface area contributed by atoms with Gasteiger partial charge in [-0.1, -0.05) is 159 Å². The number of carbonyl (C=O) groups is 3. The summed E-state index contributed by atoms with van der Waals surface area (Å²) in [6, 6.07) is 56.5. The number of aryl methyl sites for hydroxylation is 1. The molecule has 294 valence electrons. The molecule has 6 aromatic carbocycles. The molecule has 1 aliphatic rings. The number of amides is 4. The van der Waals surface area contributed by atoms with Gasteiger partial charge in [0.25, 0.3) is 5.91 Å². The molecule has 0 bridgehead atoms. The highest BCUT2D eigenvalue weighted by Gasteiger charge is 2.48. The number of imide groups is 2. The summed E-state index contributed by atoms with van der Waals surface area (Å²) in [5.74, 6) is 1.16. The Balaban J connectivity index is 0.974. The minimum Gasteiger partial charge on any atom is -0.489 e. The molecule has 6 nitrogen and oxygen atoms in total. The van der Waals surface area contributed by atoms with Gasteiger partial charge in [-0.3, -0.25) is 14.5 Å². The van der Waals surface area contributed by atoms with Crippen LogP contribution in [0.5, 0.6) is 5.75 Å². The lowest BCUT2D eigenvalue weighted by atomic mass is 9.77. The summed E-state index contributed by atoms with van der Waals surface area (Å²) in [6.45, 7) is 4.46. The second-order valence-corrected chi connectivity index (χ2v) is 15.4. The van der Waals surface area contributed by atoms with E-state index in [1.807, 2.05) is 30.3 Å². The van der Waals surface area contributed by atoms with Gasteiger partial charge in [-0.2, -0.15) is 0 Å². The van der Waals surface area contributed by atoms with E-state index in [1.165, 1.54) is 22.3 Å². The third kappa shape index (κ3) is 9.81. The van der Waals surface area contributed by atoms with Crippen molar-refractivity contribution in [3.8, 4) is 5.75 Å². The highest BCUT2D eigenvalue weighted by molar-refractivity contribution is 6.25. The molecule has 1 heterocycles. The lowest BCUT2D eigenvalue weighted by molar-refractivity contribution is -0.132. The Hall–Kier alpha value is -6.27. The number of urea groups is 1. The average Bonchev–Trinajstić information content (AvgIpc) is 3.52. The van der Waals surface area contributed by atoms with Crippen molar-refractivity contribution in [3.63, 3.8) is 0 Å². The lowest BCUT2D eigenvalue weighted by Gasteiger charge is -2.27. The molecule has 7 rings (SSSR count). The first-order valence-electron chi connectivity index (χ1n) is 20.6. The molecular formula is C52H52N2O4. The van der Waals surface area contributed by atoms with Crippen molar-refractivity contribution >= 4 is 23.5 Å². The molecule has 0 radical (unpaired) electrons. The van der Waals surface area contributed by atoms with Gasteiger partial charge in [-0.25, -0.2) is 9.69 Å². The van der Waals surface area contributed by atoms with Gasteiger partial charge in [-0.05, 0) is 101 Å². The van der Waals surface area contributed by atoms with E-state index in [2.05, 4.69) is 122 Å². The Morgan fingerprint density at radius 2 is 1.16 bits per heavy atom. The number of anilines is 1. The van der Waals surface area contributed by atoms with Gasteiger partial charge in [0.1, 0.15) is 18.4 Å². The Morgan fingerprint density at radius 3 is 1.76 bits per heavy atom. The number of ether oxygens (including phenoxy) is 1. The van der Waals surface area contributed by atoms with Crippen molar-refractivity contribution in [1.82, 2.24) is 4.90 Å². The number of benzene rings is 6. The molecule has 58 heavy (non-hydrogen) atoms.